The summed E-state index contributed by atoms with van der Waals surface area (Å²) in [4.78, 5) is 29.4. The number of nitrogens with zero attached hydrogens (tertiary/aromatic N) is 2. The molecule has 0 aromatic heterocycles. The Hall–Kier alpha value is -3.16. The number of ether oxygens (including phenoxy) is 1. The molecule has 1 fully saturated rings. The van der Waals surface area contributed by atoms with Gasteiger partial charge in [-0.1, -0.05) is 18.2 Å². The number of likely N-dealkylation sites (tertiary alicyclic amines) is 1. The first-order valence-corrected chi connectivity index (χ1v) is 12.6. The molecule has 2 aromatic carbocycles. The highest BCUT2D eigenvalue weighted by molar-refractivity contribution is 5.97. The molecule has 0 saturated carbocycles. The molecule has 186 valence electrons. The van der Waals surface area contributed by atoms with Crippen molar-refractivity contribution in [3.63, 3.8) is 0 Å². The minimum absolute atomic E-state index is 0.0232. The molecule has 1 atom stereocenters. The lowest BCUT2D eigenvalue weighted by molar-refractivity contribution is 0.0761. The molecular weight excluding hydrogens is 442 g/mol. The first-order chi connectivity index (χ1) is 17.0. The Bertz CT molecular complexity index is 1080. The van der Waals surface area contributed by atoms with Gasteiger partial charge in [0.2, 0.25) is 0 Å². The van der Waals surface area contributed by atoms with Gasteiger partial charge in [0.15, 0.2) is 0 Å². The molecule has 2 heterocycles. The molecule has 0 bridgehead atoms. The summed E-state index contributed by atoms with van der Waals surface area (Å²) in [6.45, 7) is 8.33. The first-order valence-electron chi connectivity index (χ1n) is 12.6. The predicted molar refractivity (Wildman–Crippen MR) is 137 cm³/mol. The van der Waals surface area contributed by atoms with Gasteiger partial charge in [0, 0.05) is 49.4 Å². The number of fused-ring (bicyclic) bond motifs is 1. The number of carbonyl (C=O) groups excluding carboxylic acids is 2. The van der Waals surface area contributed by atoms with Crippen LogP contribution in [0, 0.1) is 0 Å². The van der Waals surface area contributed by atoms with Crippen LogP contribution in [0.15, 0.2) is 48.5 Å². The second-order valence-electron chi connectivity index (χ2n) is 8.96. The third-order valence-corrected chi connectivity index (χ3v) is 6.67. The van der Waals surface area contributed by atoms with Crippen LogP contribution in [0.2, 0.25) is 0 Å². The maximum absolute atomic E-state index is 13.1. The van der Waals surface area contributed by atoms with Gasteiger partial charge in [-0.3, -0.25) is 9.59 Å². The number of nitrogens with one attached hydrogen (secondary N) is 1. The van der Waals surface area contributed by atoms with Gasteiger partial charge in [-0.2, -0.15) is 0 Å². The summed E-state index contributed by atoms with van der Waals surface area (Å²) in [5, 5.41) is 13.2. The van der Waals surface area contributed by atoms with Crippen molar-refractivity contribution in [2.75, 3.05) is 45.9 Å². The molecule has 0 aliphatic carbocycles. The van der Waals surface area contributed by atoms with E-state index in [1.165, 1.54) is 0 Å². The normalized spacial score (nSPS) is 19.8. The Morgan fingerprint density at radius 1 is 1.09 bits per heavy atom. The molecule has 2 amide bonds. The highest BCUT2D eigenvalue weighted by Crippen LogP contribution is 2.34. The van der Waals surface area contributed by atoms with Gasteiger partial charge in [0.25, 0.3) is 11.8 Å². The Morgan fingerprint density at radius 2 is 1.83 bits per heavy atom. The highest BCUT2D eigenvalue weighted by atomic mass is 16.5. The molecule has 0 unspecified atom stereocenters. The largest absolute Gasteiger partial charge is 0.492 e. The van der Waals surface area contributed by atoms with Gasteiger partial charge < -0.3 is 25.0 Å². The van der Waals surface area contributed by atoms with Crippen LogP contribution in [0.3, 0.4) is 0 Å². The zero-order valence-electron chi connectivity index (χ0n) is 20.6. The maximum atomic E-state index is 13.1. The standard InChI is InChI=1S/C28H35N3O4/c1-3-30(4-2)27(33)21-9-7-20(8-10-21)24-6-5-14-29-15-17-35-26-12-11-22(18-25(24)26)28(34)31-16-13-23(32)19-31/h6-12,18,23,29,32H,3-5,13-17,19H2,1-2H3/b24-6-/t23-/m0/s1. The molecule has 2 aliphatic heterocycles. The monoisotopic (exact) mass is 477 g/mol. The average Bonchev–Trinajstić information content (AvgIpc) is 3.33. The van der Waals surface area contributed by atoms with E-state index in [2.05, 4.69) is 11.4 Å². The molecule has 35 heavy (non-hydrogen) atoms. The van der Waals surface area contributed by atoms with Crippen LogP contribution in [0.5, 0.6) is 5.75 Å². The summed E-state index contributed by atoms with van der Waals surface area (Å²) < 4.78 is 6.09. The van der Waals surface area contributed by atoms with Crippen LogP contribution in [0.4, 0.5) is 0 Å². The Morgan fingerprint density at radius 3 is 2.51 bits per heavy atom. The number of benzene rings is 2. The minimum atomic E-state index is -0.459. The Balaban J connectivity index is 1.70. The van der Waals surface area contributed by atoms with Crippen molar-refractivity contribution in [2.45, 2.75) is 32.8 Å². The Labute approximate surface area is 207 Å². The molecular formula is C28H35N3O4. The quantitative estimate of drug-likeness (QED) is 0.691. The number of aliphatic hydroxyl groups is 1. The molecule has 0 radical (unpaired) electrons. The molecule has 7 nitrogen and oxygen atoms in total. The van der Waals surface area contributed by atoms with Crippen molar-refractivity contribution in [1.82, 2.24) is 15.1 Å². The van der Waals surface area contributed by atoms with E-state index < -0.39 is 6.10 Å². The molecule has 2 aromatic rings. The summed E-state index contributed by atoms with van der Waals surface area (Å²) in [5.41, 5.74) is 4.04. The lowest BCUT2D eigenvalue weighted by Crippen LogP contribution is -2.30. The molecule has 0 spiro atoms. The number of carbonyl (C=O) groups is 2. The smallest absolute Gasteiger partial charge is 0.253 e. The third kappa shape index (κ3) is 5.74. The minimum Gasteiger partial charge on any atom is -0.492 e. The number of hydrogen-bond donors (Lipinski definition) is 2. The highest BCUT2D eigenvalue weighted by Gasteiger charge is 2.26. The Kier molecular flexibility index (Phi) is 8.21. The van der Waals surface area contributed by atoms with Crippen molar-refractivity contribution in [1.29, 1.82) is 0 Å². The van der Waals surface area contributed by atoms with Gasteiger partial charge in [-0.15, -0.1) is 0 Å². The van der Waals surface area contributed by atoms with Crippen molar-refractivity contribution in [3.05, 3.63) is 70.8 Å². The van der Waals surface area contributed by atoms with Gasteiger partial charge in [-0.05, 0) is 74.7 Å². The maximum Gasteiger partial charge on any atom is 0.253 e. The number of amides is 2. The van der Waals surface area contributed by atoms with E-state index in [-0.39, 0.29) is 11.8 Å². The zero-order valence-corrected chi connectivity index (χ0v) is 20.6. The first kappa shape index (κ1) is 24.9. The number of β-amino-alcohol motifs (C(OH)–C–C–N with tert-alkyl or cyclic N) is 1. The van der Waals surface area contributed by atoms with E-state index >= 15 is 0 Å². The summed E-state index contributed by atoms with van der Waals surface area (Å²) >= 11 is 0. The van der Waals surface area contributed by atoms with Crippen LogP contribution in [-0.4, -0.2) is 78.7 Å². The summed E-state index contributed by atoms with van der Waals surface area (Å²) in [7, 11) is 0. The van der Waals surface area contributed by atoms with Crippen molar-refractivity contribution >= 4 is 17.4 Å². The van der Waals surface area contributed by atoms with Crippen LogP contribution in [0.25, 0.3) is 5.57 Å². The molecule has 2 aliphatic rings. The lowest BCUT2D eigenvalue weighted by Gasteiger charge is -2.21. The lowest BCUT2D eigenvalue weighted by atomic mass is 9.93. The van der Waals surface area contributed by atoms with E-state index in [0.29, 0.717) is 50.3 Å². The van der Waals surface area contributed by atoms with Gasteiger partial charge >= 0.3 is 0 Å². The van der Waals surface area contributed by atoms with E-state index in [1.54, 1.807) is 15.9 Å². The van der Waals surface area contributed by atoms with E-state index in [9.17, 15) is 14.7 Å². The fourth-order valence-corrected chi connectivity index (χ4v) is 4.65. The van der Waals surface area contributed by atoms with Gasteiger partial charge in [0.1, 0.15) is 12.4 Å². The summed E-state index contributed by atoms with van der Waals surface area (Å²) in [6, 6.07) is 13.2. The average molecular weight is 478 g/mol. The van der Waals surface area contributed by atoms with Crippen LogP contribution >= 0.6 is 0 Å². The van der Waals surface area contributed by atoms with Crippen LogP contribution in [-0.2, 0) is 0 Å². The van der Waals surface area contributed by atoms with Crippen molar-refractivity contribution < 1.29 is 19.4 Å². The van der Waals surface area contributed by atoms with Gasteiger partial charge in [0.05, 0.1) is 6.10 Å². The fraction of sp³-hybridized carbons (Fsp3) is 0.429. The van der Waals surface area contributed by atoms with E-state index in [0.717, 1.165) is 42.0 Å². The SMILES string of the molecule is CCN(CC)C(=O)c1ccc(/C2=C/CCNCCOc3ccc(C(=O)N4CC[C@H](O)C4)cc32)cc1. The van der Waals surface area contributed by atoms with Crippen molar-refractivity contribution in [3.8, 4) is 5.75 Å². The van der Waals surface area contributed by atoms with E-state index in [1.807, 2.05) is 50.2 Å². The molecule has 4 rings (SSSR count). The van der Waals surface area contributed by atoms with E-state index in [4.69, 9.17) is 4.74 Å². The van der Waals surface area contributed by atoms with Crippen molar-refractivity contribution in [2.24, 2.45) is 0 Å². The van der Waals surface area contributed by atoms with Crippen LogP contribution < -0.4 is 10.1 Å². The molecule has 1 saturated heterocycles. The number of hydrogen-bond acceptors (Lipinski definition) is 5. The van der Waals surface area contributed by atoms with Gasteiger partial charge in [-0.25, -0.2) is 0 Å². The molecule has 7 heteroatoms. The topological polar surface area (TPSA) is 82.1 Å². The summed E-state index contributed by atoms with van der Waals surface area (Å²) in [6.07, 6.45) is 3.14. The molecule has 2 N–H and O–H groups in total. The second kappa shape index (κ2) is 11.5. The second-order valence-corrected chi connectivity index (χ2v) is 8.96. The number of rotatable bonds is 5. The fourth-order valence-electron chi connectivity index (χ4n) is 4.65. The summed E-state index contributed by atoms with van der Waals surface area (Å²) in [5.74, 6) is 0.666. The van der Waals surface area contributed by atoms with Crippen LogP contribution in [0.1, 0.15) is 58.5 Å². The third-order valence-electron chi connectivity index (χ3n) is 6.67. The zero-order chi connectivity index (χ0) is 24.8. The number of aliphatic hydroxyl groups excluding tert-OH is 1. The predicted octanol–water partition coefficient (Wildman–Crippen LogP) is 3.18.